The van der Waals surface area contributed by atoms with Gasteiger partial charge in [0.25, 0.3) is 0 Å². The van der Waals surface area contributed by atoms with E-state index in [1.807, 2.05) is 11.0 Å². The molecule has 1 unspecified atom stereocenters. The molecule has 0 saturated heterocycles. The Morgan fingerprint density at radius 1 is 1.50 bits per heavy atom. The average Bonchev–Trinajstić information content (AvgIpc) is 2.62. The highest BCUT2D eigenvalue weighted by atomic mass is 15.3. The molecule has 1 aromatic heterocycles. The average molecular weight is 196 g/mol. The number of hydrogen-bond acceptors (Lipinski definition) is 3. The minimum Gasteiger partial charge on any atom is -0.310 e. The molecule has 0 fully saturated rings. The third kappa shape index (κ3) is 3.46. The van der Waals surface area contributed by atoms with Crippen molar-refractivity contribution in [3.05, 3.63) is 12.2 Å². The molecule has 1 heterocycles. The van der Waals surface area contributed by atoms with E-state index in [0.29, 0.717) is 5.92 Å². The van der Waals surface area contributed by atoms with Crippen molar-refractivity contribution in [2.24, 2.45) is 5.92 Å². The number of nitrogens with one attached hydrogen (secondary N) is 1. The zero-order valence-electron chi connectivity index (χ0n) is 9.32. The minimum atomic E-state index is 0.670. The quantitative estimate of drug-likeness (QED) is 0.748. The molecule has 0 radical (unpaired) electrons. The lowest BCUT2D eigenvalue weighted by Crippen LogP contribution is -2.14. The van der Waals surface area contributed by atoms with Gasteiger partial charge in [-0.25, -0.2) is 4.98 Å². The smallest absolute Gasteiger partial charge is 0.164 e. The minimum absolute atomic E-state index is 0.670. The molecule has 1 atom stereocenters. The van der Waals surface area contributed by atoms with Crippen molar-refractivity contribution in [1.29, 1.82) is 0 Å². The maximum Gasteiger partial charge on any atom is 0.164 e. The molecular formula is C10H20N4. The molecule has 0 saturated carbocycles. The summed E-state index contributed by atoms with van der Waals surface area (Å²) >= 11 is 0. The maximum absolute atomic E-state index is 4.38. The molecule has 0 bridgehead atoms. The first-order valence-corrected chi connectivity index (χ1v) is 5.35. The molecule has 14 heavy (non-hydrogen) atoms. The Balaban J connectivity index is 2.42. The second-order valence-electron chi connectivity index (χ2n) is 3.68. The van der Waals surface area contributed by atoms with Gasteiger partial charge in [0, 0.05) is 6.54 Å². The highest BCUT2D eigenvalue weighted by Crippen LogP contribution is 2.03. The van der Waals surface area contributed by atoms with E-state index in [0.717, 1.165) is 25.5 Å². The molecule has 4 nitrogen and oxygen atoms in total. The maximum atomic E-state index is 4.38. The Kier molecular flexibility index (Phi) is 4.59. The van der Waals surface area contributed by atoms with Crippen LogP contribution in [-0.2, 0) is 13.1 Å². The molecule has 1 aromatic rings. The zero-order valence-corrected chi connectivity index (χ0v) is 9.32. The van der Waals surface area contributed by atoms with Crippen LogP contribution in [-0.4, -0.2) is 21.3 Å². The molecule has 4 heteroatoms. The van der Waals surface area contributed by atoms with E-state index >= 15 is 0 Å². The first kappa shape index (κ1) is 11.2. The van der Waals surface area contributed by atoms with E-state index in [-0.39, 0.29) is 0 Å². The zero-order chi connectivity index (χ0) is 10.4. The first-order valence-electron chi connectivity index (χ1n) is 5.35. The predicted molar refractivity (Wildman–Crippen MR) is 56.9 cm³/mol. The van der Waals surface area contributed by atoms with Crippen LogP contribution in [0, 0.1) is 5.92 Å². The van der Waals surface area contributed by atoms with Gasteiger partial charge in [0.2, 0.25) is 0 Å². The fourth-order valence-corrected chi connectivity index (χ4v) is 1.19. The number of rotatable bonds is 6. The molecule has 0 aliphatic rings. The van der Waals surface area contributed by atoms with E-state index in [1.54, 1.807) is 0 Å². The molecule has 0 aliphatic carbocycles. The summed E-state index contributed by atoms with van der Waals surface area (Å²) in [7, 11) is 0. The molecule has 0 amide bonds. The number of aromatic nitrogens is 3. The normalized spacial score (nSPS) is 13.1. The van der Waals surface area contributed by atoms with Gasteiger partial charge in [0.15, 0.2) is 5.82 Å². The Labute approximate surface area is 85.7 Å². The predicted octanol–water partition coefficient (Wildman–Crippen LogP) is 1.43. The summed E-state index contributed by atoms with van der Waals surface area (Å²) in [6, 6.07) is 0. The van der Waals surface area contributed by atoms with Crippen molar-refractivity contribution >= 4 is 0 Å². The van der Waals surface area contributed by atoms with Crippen molar-refractivity contribution < 1.29 is 0 Å². The van der Waals surface area contributed by atoms with Gasteiger partial charge in [-0.2, -0.15) is 5.10 Å². The molecule has 80 valence electrons. The van der Waals surface area contributed by atoms with Gasteiger partial charge in [0.1, 0.15) is 6.33 Å². The largest absolute Gasteiger partial charge is 0.310 e. The van der Waals surface area contributed by atoms with Crippen LogP contribution in [0.25, 0.3) is 0 Å². The van der Waals surface area contributed by atoms with Crippen LogP contribution < -0.4 is 5.32 Å². The fourth-order valence-electron chi connectivity index (χ4n) is 1.19. The van der Waals surface area contributed by atoms with Gasteiger partial charge in [-0.1, -0.05) is 27.2 Å². The topological polar surface area (TPSA) is 42.7 Å². The lowest BCUT2D eigenvalue weighted by Gasteiger charge is -2.06. The fraction of sp³-hybridized carbons (Fsp3) is 0.800. The van der Waals surface area contributed by atoms with Gasteiger partial charge in [0.05, 0.1) is 6.54 Å². The molecule has 1 rings (SSSR count). The summed E-state index contributed by atoms with van der Waals surface area (Å²) in [4.78, 5) is 4.23. The van der Waals surface area contributed by atoms with Gasteiger partial charge in [-0.05, 0) is 12.5 Å². The van der Waals surface area contributed by atoms with E-state index in [2.05, 4.69) is 36.2 Å². The third-order valence-electron chi connectivity index (χ3n) is 2.31. The van der Waals surface area contributed by atoms with Crippen molar-refractivity contribution in [3.8, 4) is 0 Å². The van der Waals surface area contributed by atoms with Crippen molar-refractivity contribution in [2.45, 2.75) is 40.3 Å². The van der Waals surface area contributed by atoms with Crippen LogP contribution in [0.5, 0.6) is 0 Å². The van der Waals surface area contributed by atoms with Crippen LogP contribution in [0.15, 0.2) is 6.33 Å². The van der Waals surface area contributed by atoms with E-state index < -0.39 is 0 Å². The lowest BCUT2D eigenvalue weighted by atomic mass is 10.1. The number of hydrogen-bond donors (Lipinski definition) is 1. The number of nitrogens with zero attached hydrogens (tertiary/aromatic N) is 3. The standard InChI is InChI=1S/C10H20N4/c1-4-9(3)7-14-8-12-10(13-14)6-11-5-2/h8-9,11H,4-7H2,1-3H3. The Morgan fingerprint density at radius 2 is 2.29 bits per heavy atom. The van der Waals surface area contributed by atoms with Crippen molar-refractivity contribution in [1.82, 2.24) is 20.1 Å². The van der Waals surface area contributed by atoms with Crippen molar-refractivity contribution in [3.63, 3.8) is 0 Å². The second kappa shape index (κ2) is 5.75. The second-order valence-corrected chi connectivity index (χ2v) is 3.68. The molecule has 0 spiro atoms. The van der Waals surface area contributed by atoms with Crippen LogP contribution in [0.3, 0.4) is 0 Å². The van der Waals surface area contributed by atoms with Crippen LogP contribution in [0.2, 0.25) is 0 Å². The summed E-state index contributed by atoms with van der Waals surface area (Å²) in [5.41, 5.74) is 0. The summed E-state index contributed by atoms with van der Waals surface area (Å²) in [5, 5.41) is 7.59. The molecular weight excluding hydrogens is 176 g/mol. The third-order valence-corrected chi connectivity index (χ3v) is 2.31. The van der Waals surface area contributed by atoms with Gasteiger partial charge in [-0.3, -0.25) is 4.68 Å². The van der Waals surface area contributed by atoms with Gasteiger partial charge < -0.3 is 5.32 Å². The Hall–Kier alpha value is -0.900. The highest BCUT2D eigenvalue weighted by molar-refractivity contribution is 4.80. The van der Waals surface area contributed by atoms with E-state index in [9.17, 15) is 0 Å². The van der Waals surface area contributed by atoms with Crippen LogP contribution in [0.4, 0.5) is 0 Å². The molecule has 1 N–H and O–H groups in total. The summed E-state index contributed by atoms with van der Waals surface area (Å²) in [5.74, 6) is 1.55. The van der Waals surface area contributed by atoms with Crippen molar-refractivity contribution in [2.75, 3.05) is 6.54 Å². The monoisotopic (exact) mass is 196 g/mol. The summed E-state index contributed by atoms with van der Waals surface area (Å²) in [6.07, 6.45) is 3.00. The van der Waals surface area contributed by atoms with Gasteiger partial charge in [-0.15, -0.1) is 0 Å². The molecule has 0 aliphatic heterocycles. The van der Waals surface area contributed by atoms with Crippen LogP contribution in [0.1, 0.15) is 33.0 Å². The van der Waals surface area contributed by atoms with Gasteiger partial charge >= 0.3 is 0 Å². The first-order chi connectivity index (χ1) is 6.76. The Bertz CT molecular complexity index is 256. The SMILES string of the molecule is CCNCc1ncn(CC(C)CC)n1. The van der Waals surface area contributed by atoms with E-state index in [4.69, 9.17) is 0 Å². The van der Waals surface area contributed by atoms with Crippen LogP contribution >= 0.6 is 0 Å². The summed E-state index contributed by atoms with van der Waals surface area (Å²) in [6.45, 7) is 9.20. The Morgan fingerprint density at radius 3 is 2.93 bits per heavy atom. The lowest BCUT2D eigenvalue weighted by molar-refractivity contribution is 0.435. The highest BCUT2D eigenvalue weighted by Gasteiger charge is 2.03. The van der Waals surface area contributed by atoms with E-state index in [1.165, 1.54) is 6.42 Å². The summed E-state index contributed by atoms with van der Waals surface area (Å²) < 4.78 is 1.93. The molecule has 0 aromatic carbocycles.